The predicted molar refractivity (Wildman–Crippen MR) is 82.7 cm³/mol. The zero-order chi connectivity index (χ0) is 16.9. The summed E-state index contributed by atoms with van der Waals surface area (Å²) in [5, 5.41) is 13.7. The second-order valence-corrected chi connectivity index (χ2v) is 5.30. The van der Waals surface area contributed by atoms with Gasteiger partial charge in [0, 0.05) is 29.8 Å². The molecule has 0 saturated carbocycles. The minimum Gasteiger partial charge on any atom is -0.352 e. The molecule has 0 unspecified atom stereocenters. The molecule has 7 heteroatoms. The van der Waals surface area contributed by atoms with Crippen molar-refractivity contribution in [2.75, 3.05) is 13.1 Å². The van der Waals surface area contributed by atoms with Crippen LogP contribution in [0.2, 0.25) is 0 Å². The van der Waals surface area contributed by atoms with E-state index in [1.54, 1.807) is 13.8 Å². The van der Waals surface area contributed by atoms with Crippen LogP contribution in [0.4, 0.5) is 5.69 Å². The molecule has 1 aromatic rings. The number of nitrogens with zero attached hydrogens (tertiary/aromatic N) is 2. The number of benzene rings is 1. The van der Waals surface area contributed by atoms with Crippen LogP contribution in [0.25, 0.3) is 0 Å². The van der Waals surface area contributed by atoms with E-state index in [9.17, 15) is 19.7 Å². The molecule has 0 atom stereocenters. The molecule has 1 aromatic carbocycles. The van der Waals surface area contributed by atoms with Gasteiger partial charge in [-0.15, -0.1) is 0 Å². The zero-order valence-electron chi connectivity index (χ0n) is 13.3. The Labute approximate surface area is 129 Å². The van der Waals surface area contributed by atoms with E-state index in [0.717, 1.165) is 0 Å². The Morgan fingerprint density at radius 3 is 2.50 bits per heavy atom. The lowest BCUT2D eigenvalue weighted by Crippen LogP contribution is -2.42. The molecule has 120 valence electrons. The SMILES string of the molecule is CCN(CC(=O)NC(C)C)C(=O)c1ccc(C)c([N+](=O)[O-])c1. The lowest BCUT2D eigenvalue weighted by atomic mass is 10.1. The normalized spacial score (nSPS) is 10.4. The second kappa shape index (κ2) is 7.53. The van der Waals surface area contributed by atoms with Gasteiger partial charge in [0.15, 0.2) is 0 Å². The van der Waals surface area contributed by atoms with Crippen molar-refractivity contribution in [3.8, 4) is 0 Å². The molecule has 2 amide bonds. The van der Waals surface area contributed by atoms with Crippen molar-refractivity contribution in [1.82, 2.24) is 10.2 Å². The van der Waals surface area contributed by atoms with Gasteiger partial charge in [-0.1, -0.05) is 6.07 Å². The first-order valence-electron chi connectivity index (χ1n) is 7.10. The smallest absolute Gasteiger partial charge is 0.273 e. The predicted octanol–water partition coefficient (Wildman–Crippen LogP) is 1.89. The quantitative estimate of drug-likeness (QED) is 0.641. The van der Waals surface area contributed by atoms with Gasteiger partial charge in [0.25, 0.3) is 11.6 Å². The molecule has 0 spiro atoms. The molecule has 1 rings (SSSR count). The van der Waals surface area contributed by atoms with Crippen LogP contribution in [0.15, 0.2) is 18.2 Å². The highest BCUT2D eigenvalue weighted by Crippen LogP contribution is 2.20. The van der Waals surface area contributed by atoms with Crippen molar-refractivity contribution < 1.29 is 14.5 Å². The Hall–Kier alpha value is -2.44. The molecule has 0 saturated heterocycles. The van der Waals surface area contributed by atoms with Gasteiger partial charge in [0.2, 0.25) is 5.91 Å². The number of carbonyl (C=O) groups excluding carboxylic acids is 2. The highest BCUT2D eigenvalue weighted by Gasteiger charge is 2.20. The average molecular weight is 307 g/mol. The van der Waals surface area contributed by atoms with Gasteiger partial charge < -0.3 is 10.2 Å². The lowest BCUT2D eigenvalue weighted by molar-refractivity contribution is -0.385. The molecule has 0 aliphatic carbocycles. The van der Waals surface area contributed by atoms with E-state index in [-0.39, 0.29) is 29.7 Å². The Kier molecular flexibility index (Phi) is 6.03. The minimum atomic E-state index is -0.520. The molecule has 22 heavy (non-hydrogen) atoms. The number of hydrogen-bond acceptors (Lipinski definition) is 4. The summed E-state index contributed by atoms with van der Waals surface area (Å²) in [5.41, 5.74) is 0.590. The van der Waals surface area contributed by atoms with Crippen LogP contribution >= 0.6 is 0 Å². The summed E-state index contributed by atoms with van der Waals surface area (Å²) >= 11 is 0. The summed E-state index contributed by atoms with van der Waals surface area (Å²) in [5.74, 6) is -0.656. The summed E-state index contributed by atoms with van der Waals surface area (Å²) < 4.78 is 0. The molecule has 0 fully saturated rings. The average Bonchev–Trinajstić information content (AvgIpc) is 2.43. The molecule has 0 bridgehead atoms. The van der Waals surface area contributed by atoms with Crippen molar-refractivity contribution >= 4 is 17.5 Å². The number of nitrogens with one attached hydrogen (secondary N) is 1. The monoisotopic (exact) mass is 307 g/mol. The van der Waals surface area contributed by atoms with Gasteiger partial charge in [-0.25, -0.2) is 0 Å². The fourth-order valence-corrected chi connectivity index (χ4v) is 1.99. The summed E-state index contributed by atoms with van der Waals surface area (Å²) in [6, 6.07) is 4.31. The second-order valence-electron chi connectivity index (χ2n) is 5.30. The van der Waals surface area contributed by atoms with Crippen molar-refractivity contribution in [3.63, 3.8) is 0 Å². The maximum Gasteiger partial charge on any atom is 0.273 e. The van der Waals surface area contributed by atoms with Crippen molar-refractivity contribution in [3.05, 3.63) is 39.4 Å². The molecule has 0 aliphatic rings. The van der Waals surface area contributed by atoms with E-state index >= 15 is 0 Å². The van der Waals surface area contributed by atoms with Crippen LogP contribution in [0, 0.1) is 17.0 Å². The maximum absolute atomic E-state index is 12.4. The van der Waals surface area contributed by atoms with Crippen molar-refractivity contribution in [2.24, 2.45) is 0 Å². The van der Waals surface area contributed by atoms with Crippen molar-refractivity contribution in [2.45, 2.75) is 33.7 Å². The van der Waals surface area contributed by atoms with Crippen LogP contribution in [-0.2, 0) is 4.79 Å². The van der Waals surface area contributed by atoms with Crippen LogP contribution in [0.3, 0.4) is 0 Å². The topological polar surface area (TPSA) is 92.6 Å². The molecule has 7 nitrogen and oxygen atoms in total. The van der Waals surface area contributed by atoms with E-state index in [2.05, 4.69) is 5.32 Å². The third-order valence-corrected chi connectivity index (χ3v) is 3.11. The Morgan fingerprint density at radius 1 is 1.36 bits per heavy atom. The number of nitro groups is 1. The molecule has 0 heterocycles. The van der Waals surface area contributed by atoms with Crippen LogP contribution in [0.5, 0.6) is 0 Å². The summed E-state index contributed by atoms with van der Waals surface area (Å²) in [7, 11) is 0. The van der Waals surface area contributed by atoms with Crippen molar-refractivity contribution in [1.29, 1.82) is 0 Å². The number of rotatable bonds is 6. The Morgan fingerprint density at radius 2 is 2.00 bits per heavy atom. The zero-order valence-corrected chi connectivity index (χ0v) is 13.3. The van der Waals surface area contributed by atoms with Gasteiger partial charge in [0.1, 0.15) is 0 Å². The number of nitro benzene ring substituents is 1. The third-order valence-electron chi connectivity index (χ3n) is 3.11. The van der Waals surface area contributed by atoms with Gasteiger partial charge >= 0.3 is 0 Å². The number of carbonyl (C=O) groups is 2. The number of aryl methyl sites for hydroxylation is 1. The number of hydrogen-bond donors (Lipinski definition) is 1. The van der Waals surface area contributed by atoms with E-state index in [1.165, 1.54) is 23.1 Å². The Balaban J connectivity index is 2.95. The molecule has 0 radical (unpaired) electrons. The number of likely N-dealkylation sites (N-methyl/N-ethyl adjacent to an activating group) is 1. The fourth-order valence-electron chi connectivity index (χ4n) is 1.99. The van der Waals surface area contributed by atoms with E-state index < -0.39 is 10.8 Å². The molecule has 0 aliphatic heterocycles. The van der Waals surface area contributed by atoms with E-state index in [1.807, 2.05) is 13.8 Å². The van der Waals surface area contributed by atoms with E-state index in [0.29, 0.717) is 12.1 Å². The first-order valence-corrected chi connectivity index (χ1v) is 7.10. The molecule has 0 aromatic heterocycles. The first-order chi connectivity index (χ1) is 10.3. The maximum atomic E-state index is 12.4. The highest BCUT2D eigenvalue weighted by molar-refractivity contribution is 5.97. The standard InChI is InChI=1S/C15H21N3O4/c1-5-17(9-14(19)16-10(2)3)15(20)12-7-6-11(4)13(8-12)18(21)22/h6-8,10H,5,9H2,1-4H3,(H,16,19). The fraction of sp³-hybridized carbons (Fsp3) is 0.467. The highest BCUT2D eigenvalue weighted by atomic mass is 16.6. The minimum absolute atomic E-state index is 0.0122. The van der Waals surface area contributed by atoms with Crippen LogP contribution < -0.4 is 5.32 Å². The van der Waals surface area contributed by atoms with Gasteiger partial charge in [-0.2, -0.15) is 0 Å². The summed E-state index contributed by atoms with van der Waals surface area (Å²) in [6.45, 7) is 7.29. The Bertz CT molecular complexity index is 584. The van der Waals surface area contributed by atoms with Crippen LogP contribution in [0.1, 0.15) is 36.7 Å². The van der Waals surface area contributed by atoms with E-state index in [4.69, 9.17) is 0 Å². The van der Waals surface area contributed by atoms with Gasteiger partial charge in [-0.05, 0) is 33.8 Å². The molecular weight excluding hydrogens is 286 g/mol. The summed E-state index contributed by atoms with van der Waals surface area (Å²) in [4.78, 5) is 36.0. The molecular formula is C15H21N3O4. The van der Waals surface area contributed by atoms with Gasteiger partial charge in [-0.3, -0.25) is 19.7 Å². The first kappa shape index (κ1) is 17.6. The van der Waals surface area contributed by atoms with Gasteiger partial charge in [0.05, 0.1) is 11.5 Å². The third kappa shape index (κ3) is 4.54. The molecule has 1 N–H and O–H groups in total. The van der Waals surface area contributed by atoms with Crippen LogP contribution in [-0.4, -0.2) is 40.8 Å². The largest absolute Gasteiger partial charge is 0.352 e. The summed E-state index contributed by atoms with van der Waals surface area (Å²) in [6.07, 6.45) is 0. The number of amides is 2. The lowest BCUT2D eigenvalue weighted by Gasteiger charge is -2.21.